The molecule has 1 aliphatic rings. The molecule has 0 aliphatic carbocycles. The summed E-state index contributed by atoms with van der Waals surface area (Å²) >= 11 is 0. The molecule has 1 aromatic carbocycles. The van der Waals surface area contributed by atoms with Gasteiger partial charge in [0.25, 0.3) is 0 Å². The van der Waals surface area contributed by atoms with Gasteiger partial charge in [-0.1, -0.05) is 6.07 Å². The number of nitrogens with two attached hydrogens (primary N) is 1. The lowest BCUT2D eigenvalue weighted by molar-refractivity contribution is 0.249. The van der Waals surface area contributed by atoms with Crippen molar-refractivity contribution >= 4 is 17.9 Å². The molecule has 1 aromatic rings. The fourth-order valence-electron chi connectivity index (χ4n) is 1.99. The monoisotopic (exact) mass is 250 g/mol. The van der Waals surface area contributed by atoms with Gasteiger partial charge in [-0.05, 0) is 30.5 Å². The molecule has 0 radical (unpaired) electrons. The maximum atomic E-state index is 13.9. The minimum atomic E-state index is -0.750. The number of anilines is 1. The van der Waals surface area contributed by atoms with Crippen LogP contribution >= 0.6 is 0 Å². The Morgan fingerprint density at radius 3 is 2.78 bits per heavy atom. The maximum Gasteiger partial charge on any atom is 0.332 e. The quantitative estimate of drug-likeness (QED) is 0.629. The molecule has 0 aromatic heterocycles. The van der Waals surface area contributed by atoms with Gasteiger partial charge in [-0.2, -0.15) is 5.10 Å². The van der Waals surface area contributed by atoms with Gasteiger partial charge in [0.05, 0.1) is 11.9 Å². The zero-order chi connectivity index (χ0) is 13.0. The summed E-state index contributed by atoms with van der Waals surface area (Å²) < 4.78 is 13.9. The molecule has 0 spiro atoms. The molecule has 18 heavy (non-hydrogen) atoms. The fourth-order valence-corrected chi connectivity index (χ4v) is 1.99. The van der Waals surface area contributed by atoms with E-state index >= 15 is 0 Å². The first-order valence-corrected chi connectivity index (χ1v) is 5.80. The van der Waals surface area contributed by atoms with Gasteiger partial charge in [-0.15, -0.1) is 0 Å². The van der Waals surface area contributed by atoms with Crippen LogP contribution in [-0.4, -0.2) is 25.3 Å². The minimum absolute atomic E-state index is 0.278. The Balaban J connectivity index is 2.09. The highest BCUT2D eigenvalue weighted by molar-refractivity contribution is 5.82. The Morgan fingerprint density at radius 2 is 2.17 bits per heavy atom. The van der Waals surface area contributed by atoms with Crippen molar-refractivity contribution in [3.05, 3.63) is 29.6 Å². The number of hydrogen-bond donors (Lipinski definition) is 2. The second-order valence-corrected chi connectivity index (χ2v) is 4.14. The summed E-state index contributed by atoms with van der Waals surface area (Å²) in [4.78, 5) is 12.4. The van der Waals surface area contributed by atoms with Crippen molar-refractivity contribution in [3.63, 3.8) is 0 Å². The molecule has 1 aliphatic heterocycles. The number of benzene rings is 1. The molecule has 5 nitrogen and oxygen atoms in total. The minimum Gasteiger partial charge on any atom is -0.369 e. The summed E-state index contributed by atoms with van der Waals surface area (Å²) in [6.45, 7) is 1.79. The van der Waals surface area contributed by atoms with E-state index in [4.69, 9.17) is 5.73 Å². The zero-order valence-corrected chi connectivity index (χ0v) is 9.90. The topological polar surface area (TPSA) is 70.7 Å². The van der Waals surface area contributed by atoms with Crippen LogP contribution in [0.4, 0.5) is 14.9 Å². The number of urea groups is 1. The van der Waals surface area contributed by atoms with Crippen LogP contribution in [0.5, 0.6) is 0 Å². The smallest absolute Gasteiger partial charge is 0.332 e. The highest BCUT2D eigenvalue weighted by atomic mass is 19.1. The molecule has 1 heterocycles. The van der Waals surface area contributed by atoms with Gasteiger partial charge < -0.3 is 10.6 Å². The lowest BCUT2D eigenvalue weighted by Crippen LogP contribution is -2.24. The number of primary amides is 1. The Hall–Kier alpha value is -2.11. The van der Waals surface area contributed by atoms with Crippen molar-refractivity contribution in [2.75, 3.05) is 18.0 Å². The standard InChI is InChI=1S/C12H15FN4O/c13-10-7-9(8-15-16-12(14)18)3-4-11(10)17-5-1-2-6-17/h3-4,7-8H,1-2,5-6H2,(H3,14,16,18). The van der Waals surface area contributed by atoms with Crippen LogP contribution in [0.3, 0.4) is 0 Å². The number of halogens is 1. The third kappa shape index (κ3) is 2.97. The van der Waals surface area contributed by atoms with Gasteiger partial charge in [0.2, 0.25) is 0 Å². The van der Waals surface area contributed by atoms with E-state index in [1.807, 2.05) is 4.90 Å². The summed E-state index contributed by atoms with van der Waals surface area (Å²) in [5, 5.41) is 3.58. The van der Waals surface area contributed by atoms with Gasteiger partial charge in [-0.3, -0.25) is 0 Å². The average Bonchev–Trinajstić information content (AvgIpc) is 2.82. The van der Waals surface area contributed by atoms with E-state index < -0.39 is 6.03 Å². The molecule has 6 heteroatoms. The first-order valence-electron chi connectivity index (χ1n) is 5.80. The van der Waals surface area contributed by atoms with Gasteiger partial charge in [0, 0.05) is 13.1 Å². The molecule has 1 fully saturated rings. The van der Waals surface area contributed by atoms with Crippen LogP contribution in [0.2, 0.25) is 0 Å². The van der Waals surface area contributed by atoms with Gasteiger partial charge >= 0.3 is 6.03 Å². The number of rotatable bonds is 3. The molecule has 0 saturated carbocycles. The summed E-state index contributed by atoms with van der Waals surface area (Å²) in [7, 11) is 0. The highest BCUT2D eigenvalue weighted by Crippen LogP contribution is 2.23. The van der Waals surface area contributed by atoms with E-state index in [1.165, 1.54) is 12.3 Å². The van der Waals surface area contributed by atoms with E-state index in [0.717, 1.165) is 25.9 Å². The molecule has 0 bridgehead atoms. The Bertz CT molecular complexity index is 469. The van der Waals surface area contributed by atoms with Crippen molar-refractivity contribution < 1.29 is 9.18 Å². The summed E-state index contributed by atoms with van der Waals surface area (Å²) in [5.41, 5.74) is 8.10. The van der Waals surface area contributed by atoms with Crippen molar-refractivity contribution in [1.82, 2.24) is 5.43 Å². The van der Waals surface area contributed by atoms with E-state index in [1.54, 1.807) is 12.1 Å². The van der Waals surface area contributed by atoms with Crippen LogP contribution in [0.25, 0.3) is 0 Å². The van der Waals surface area contributed by atoms with E-state index in [9.17, 15) is 9.18 Å². The average molecular weight is 250 g/mol. The molecule has 2 rings (SSSR count). The molecular formula is C12H15FN4O. The van der Waals surface area contributed by atoms with Crippen LogP contribution in [0, 0.1) is 5.82 Å². The predicted molar refractivity (Wildman–Crippen MR) is 68.2 cm³/mol. The second-order valence-electron chi connectivity index (χ2n) is 4.14. The first kappa shape index (κ1) is 12.3. The van der Waals surface area contributed by atoms with Crippen molar-refractivity contribution in [3.8, 4) is 0 Å². The Morgan fingerprint density at radius 1 is 1.44 bits per heavy atom. The van der Waals surface area contributed by atoms with Crippen LogP contribution in [0.15, 0.2) is 23.3 Å². The largest absolute Gasteiger partial charge is 0.369 e. The lowest BCUT2D eigenvalue weighted by Gasteiger charge is -2.18. The third-order valence-electron chi connectivity index (χ3n) is 2.81. The first-order chi connectivity index (χ1) is 8.66. The normalized spacial score (nSPS) is 15.3. The molecule has 3 N–H and O–H groups in total. The molecule has 1 saturated heterocycles. The van der Waals surface area contributed by atoms with Gasteiger partial charge in [0.1, 0.15) is 5.82 Å². The maximum absolute atomic E-state index is 13.9. The van der Waals surface area contributed by atoms with Crippen molar-refractivity contribution in [2.24, 2.45) is 10.8 Å². The zero-order valence-electron chi connectivity index (χ0n) is 9.90. The Labute approximate surface area is 104 Å². The summed E-state index contributed by atoms with van der Waals surface area (Å²) in [6, 6.07) is 4.12. The van der Waals surface area contributed by atoms with E-state index in [-0.39, 0.29) is 5.82 Å². The van der Waals surface area contributed by atoms with Gasteiger partial charge in [-0.25, -0.2) is 14.6 Å². The van der Waals surface area contributed by atoms with Crippen LogP contribution < -0.4 is 16.1 Å². The molecule has 0 unspecified atom stereocenters. The number of carbonyl (C=O) groups is 1. The fraction of sp³-hybridized carbons (Fsp3) is 0.333. The molecular weight excluding hydrogens is 235 g/mol. The Kier molecular flexibility index (Phi) is 3.76. The second kappa shape index (κ2) is 5.48. The third-order valence-corrected chi connectivity index (χ3v) is 2.81. The number of carbonyl (C=O) groups excluding carboxylic acids is 1. The summed E-state index contributed by atoms with van der Waals surface area (Å²) in [6.07, 6.45) is 3.55. The molecule has 0 atom stereocenters. The SMILES string of the molecule is NC(=O)NN=Cc1ccc(N2CCCC2)c(F)c1. The van der Waals surface area contributed by atoms with Gasteiger partial charge in [0.15, 0.2) is 0 Å². The number of amides is 2. The number of nitrogens with zero attached hydrogens (tertiary/aromatic N) is 2. The predicted octanol–water partition coefficient (Wildman–Crippen LogP) is 1.43. The van der Waals surface area contributed by atoms with E-state index in [0.29, 0.717) is 11.3 Å². The molecule has 2 amide bonds. The summed E-state index contributed by atoms with van der Waals surface area (Å²) in [5.74, 6) is -0.278. The van der Waals surface area contributed by atoms with Crippen molar-refractivity contribution in [2.45, 2.75) is 12.8 Å². The number of hydrogen-bond acceptors (Lipinski definition) is 3. The van der Waals surface area contributed by atoms with Crippen LogP contribution in [0.1, 0.15) is 18.4 Å². The van der Waals surface area contributed by atoms with Crippen LogP contribution in [-0.2, 0) is 0 Å². The van der Waals surface area contributed by atoms with Crippen molar-refractivity contribution in [1.29, 1.82) is 0 Å². The lowest BCUT2D eigenvalue weighted by atomic mass is 10.2. The highest BCUT2D eigenvalue weighted by Gasteiger charge is 2.15. The molecule has 96 valence electrons. The number of nitrogens with one attached hydrogen (secondary N) is 1. The van der Waals surface area contributed by atoms with E-state index in [2.05, 4.69) is 10.5 Å². The number of hydrazone groups is 1.